The summed E-state index contributed by atoms with van der Waals surface area (Å²) in [7, 11) is 0. The zero-order chi connectivity index (χ0) is 16.6. The largest absolute Gasteiger partial charge is 0.480 e. The average Bonchev–Trinajstić information content (AvgIpc) is 2.89. The van der Waals surface area contributed by atoms with Crippen LogP contribution in [0.4, 0.5) is 10.3 Å². The number of hydrogen-bond donors (Lipinski definition) is 1. The first-order valence-electron chi connectivity index (χ1n) is 7.63. The van der Waals surface area contributed by atoms with Crippen molar-refractivity contribution in [2.75, 3.05) is 24.5 Å². The molecule has 0 radical (unpaired) electrons. The van der Waals surface area contributed by atoms with E-state index in [4.69, 9.17) is 0 Å². The molecule has 2 aliphatic rings. The Balaban J connectivity index is 1.69. The van der Waals surface area contributed by atoms with Crippen LogP contribution in [0.3, 0.4) is 0 Å². The van der Waals surface area contributed by atoms with Gasteiger partial charge in [-0.15, -0.1) is 0 Å². The molecule has 3 rings (SSSR count). The maximum atomic E-state index is 12.9. The van der Waals surface area contributed by atoms with Crippen molar-refractivity contribution in [3.8, 4) is 0 Å². The molecule has 0 aliphatic carbocycles. The van der Waals surface area contributed by atoms with Crippen molar-refractivity contribution in [3.63, 3.8) is 0 Å². The number of carbonyl (C=O) groups excluding carboxylic acids is 1. The number of rotatable bonds is 2. The Morgan fingerprint density at radius 2 is 1.91 bits per heavy atom. The second-order valence-electron chi connectivity index (χ2n) is 6.39. The van der Waals surface area contributed by atoms with Gasteiger partial charge in [-0.1, -0.05) is 0 Å². The molecule has 124 valence electrons. The van der Waals surface area contributed by atoms with E-state index in [1.54, 1.807) is 0 Å². The average molecular weight is 322 g/mol. The van der Waals surface area contributed by atoms with Crippen LogP contribution < -0.4 is 4.90 Å². The lowest BCUT2D eigenvalue weighted by atomic mass is 9.76. The third-order valence-corrected chi connectivity index (χ3v) is 4.91. The van der Waals surface area contributed by atoms with Crippen LogP contribution in [0, 0.1) is 11.2 Å². The monoisotopic (exact) mass is 322 g/mol. The molecule has 2 aliphatic heterocycles. The minimum Gasteiger partial charge on any atom is -0.480 e. The highest BCUT2D eigenvalue weighted by molar-refractivity contribution is 5.83. The number of hydrogen-bond acceptors (Lipinski definition) is 5. The number of halogens is 1. The highest BCUT2D eigenvalue weighted by Crippen LogP contribution is 2.43. The molecule has 2 fully saturated rings. The highest BCUT2D eigenvalue weighted by Gasteiger charge is 2.49. The Bertz CT molecular complexity index is 590. The third kappa shape index (κ3) is 2.97. The molecule has 1 spiro atoms. The number of amides is 1. The van der Waals surface area contributed by atoms with Gasteiger partial charge in [0, 0.05) is 26.6 Å². The zero-order valence-corrected chi connectivity index (χ0v) is 12.9. The van der Waals surface area contributed by atoms with Gasteiger partial charge < -0.3 is 14.9 Å². The van der Waals surface area contributed by atoms with E-state index in [2.05, 4.69) is 9.97 Å². The minimum absolute atomic E-state index is 0.161. The quantitative estimate of drug-likeness (QED) is 0.871. The van der Waals surface area contributed by atoms with E-state index >= 15 is 0 Å². The van der Waals surface area contributed by atoms with E-state index in [9.17, 15) is 19.1 Å². The van der Waals surface area contributed by atoms with Crippen molar-refractivity contribution >= 4 is 17.8 Å². The van der Waals surface area contributed by atoms with E-state index in [0.29, 0.717) is 32.0 Å². The van der Waals surface area contributed by atoms with Crippen LogP contribution in [0.1, 0.15) is 26.2 Å². The highest BCUT2D eigenvalue weighted by atomic mass is 19.1. The molecule has 2 saturated heterocycles. The van der Waals surface area contributed by atoms with Crippen LogP contribution in [0.15, 0.2) is 12.4 Å². The second kappa shape index (κ2) is 5.75. The van der Waals surface area contributed by atoms with Gasteiger partial charge in [0.25, 0.3) is 0 Å². The maximum Gasteiger partial charge on any atom is 0.326 e. The van der Waals surface area contributed by atoms with Gasteiger partial charge in [0.15, 0.2) is 5.82 Å². The smallest absolute Gasteiger partial charge is 0.326 e. The van der Waals surface area contributed by atoms with E-state index in [-0.39, 0.29) is 11.3 Å². The fraction of sp³-hybridized carbons (Fsp3) is 0.600. The summed E-state index contributed by atoms with van der Waals surface area (Å²) < 4.78 is 12.9. The molecule has 0 bridgehead atoms. The van der Waals surface area contributed by atoms with E-state index in [1.807, 2.05) is 4.90 Å². The van der Waals surface area contributed by atoms with Crippen molar-refractivity contribution in [2.24, 2.45) is 5.41 Å². The summed E-state index contributed by atoms with van der Waals surface area (Å²) in [6.07, 6.45) is 4.29. The summed E-state index contributed by atoms with van der Waals surface area (Å²) in [4.78, 5) is 34.5. The van der Waals surface area contributed by atoms with Gasteiger partial charge in [-0.25, -0.2) is 19.2 Å². The van der Waals surface area contributed by atoms with Crippen LogP contribution in [0.2, 0.25) is 0 Å². The van der Waals surface area contributed by atoms with Gasteiger partial charge in [-0.2, -0.15) is 0 Å². The first-order chi connectivity index (χ1) is 10.9. The number of anilines is 1. The Morgan fingerprint density at radius 1 is 1.30 bits per heavy atom. The van der Waals surface area contributed by atoms with E-state index in [0.717, 1.165) is 25.2 Å². The molecular formula is C15H19FN4O3. The van der Waals surface area contributed by atoms with Crippen molar-refractivity contribution in [1.82, 2.24) is 14.9 Å². The fourth-order valence-electron chi connectivity index (χ4n) is 3.62. The number of carboxylic acid groups (broad SMARTS) is 1. The first kappa shape index (κ1) is 15.6. The molecule has 7 nitrogen and oxygen atoms in total. The minimum atomic E-state index is -0.943. The second-order valence-corrected chi connectivity index (χ2v) is 6.39. The Hall–Kier alpha value is -2.25. The number of aliphatic carboxylic acids is 1. The number of carbonyl (C=O) groups is 2. The van der Waals surface area contributed by atoms with Gasteiger partial charge in [-0.3, -0.25) is 4.79 Å². The molecule has 0 saturated carbocycles. The molecule has 23 heavy (non-hydrogen) atoms. The molecule has 1 aromatic heterocycles. The van der Waals surface area contributed by atoms with Crippen LogP contribution in [-0.2, 0) is 9.59 Å². The first-order valence-corrected chi connectivity index (χ1v) is 7.63. The Kier molecular flexibility index (Phi) is 3.91. The van der Waals surface area contributed by atoms with Gasteiger partial charge in [-0.05, 0) is 24.7 Å². The Labute approximate surface area is 133 Å². The number of likely N-dealkylation sites (tertiary alicyclic amines) is 1. The molecule has 1 amide bonds. The van der Waals surface area contributed by atoms with Crippen molar-refractivity contribution < 1.29 is 19.1 Å². The molecule has 0 unspecified atom stereocenters. The van der Waals surface area contributed by atoms with Gasteiger partial charge >= 0.3 is 5.97 Å². The topological polar surface area (TPSA) is 86.6 Å². The normalized spacial score (nSPS) is 23.3. The molecule has 3 heterocycles. The number of aromatic nitrogens is 2. The lowest BCUT2D eigenvalue weighted by Crippen LogP contribution is -2.43. The summed E-state index contributed by atoms with van der Waals surface area (Å²) in [5, 5.41) is 9.34. The molecule has 1 aromatic rings. The molecule has 1 atom stereocenters. The van der Waals surface area contributed by atoms with Gasteiger partial charge in [0.2, 0.25) is 11.9 Å². The van der Waals surface area contributed by atoms with E-state index < -0.39 is 17.8 Å². The Morgan fingerprint density at radius 3 is 2.39 bits per heavy atom. The molecule has 0 aromatic carbocycles. The number of carboxylic acids is 1. The lowest BCUT2D eigenvalue weighted by Gasteiger charge is -2.39. The van der Waals surface area contributed by atoms with Crippen molar-refractivity contribution in [1.29, 1.82) is 0 Å². The standard InChI is InChI=1S/C15H19FN4O3/c1-10(21)20-9-15(6-12(20)13(22)23)2-4-19(5-3-15)14-17-7-11(16)8-18-14/h7-8,12H,2-6,9H2,1H3,(H,22,23)/t12-/m0/s1. The summed E-state index contributed by atoms with van der Waals surface area (Å²) in [5.74, 6) is -1.13. The summed E-state index contributed by atoms with van der Waals surface area (Å²) in [6.45, 7) is 3.24. The molecular weight excluding hydrogens is 303 g/mol. The zero-order valence-electron chi connectivity index (χ0n) is 12.9. The summed E-state index contributed by atoms with van der Waals surface area (Å²) in [5.41, 5.74) is -0.161. The van der Waals surface area contributed by atoms with Crippen molar-refractivity contribution in [2.45, 2.75) is 32.2 Å². The number of nitrogens with zero attached hydrogens (tertiary/aromatic N) is 4. The molecule has 8 heteroatoms. The van der Waals surface area contributed by atoms with Gasteiger partial charge in [0.1, 0.15) is 6.04 Å². The lowest BCUT2D eigenvalue weighted by molar-refractivity contribution is -0.147. The summed E-state index contributed by atoms with van der Waals surface area (Å²) >= 11 is 0. The van der Waals surface area contributed by atoms with Crippen molar-refractivity contribution in [3.05, 3.63) is 18.2 Å². The molecule has 1 N–H and O–H groups in total. The van der Waals surface area contributed by atoms with Crippen LogP contribution in [-0.4, -0.2) is 57.5 Å². The predicted octanol–water partition coefficient (Wildman–Crippen LogP) is 0.908. The number of piperidine rings is 1. The van der Waals surface area contributed by atoms with E-state index in [1.165, 1.54) is 11.8 Å². The third-order valence-electron chi connectivity index (χ3n) is 4.91. The maximum absolute atomic E-state index is 12.9. The van der Waals surface area contributed by atoms with Gasteiger partial charge in [0.05, 0.1) is 12.4 Å². The summed E-state index contributed by atoms with van der Waals surface area (Å²) in [6, 6.07) is -0.735. The fourth-order valence-corrected chi connectivity index (χ4v) is 3.62. The van der Waals surface area contributed by atoms with Crippen LogP contribution in [0.5, 0.6) is 0 Å². The van der Waals surface area contributed by atoms with Crippen LogP contribution >= 0.6 is 0 Å². The SMILES string of the molecule is CC(=O)N1CC2(CCN(c3ncc(F)cn3)CC2)C[C@H]1C(=O)O. The predicted molar refractivity (Wildman–Crippen MR) is 79.3 cm³/mol. The van der Waals surface area contributed by atoms with Crippen LogP contribution in [0.25, 0.3) is 0 Å².